The number of aliphatic imine (C=N–C) groups is 1. The lowest BCUT2D eigenvalue weighted by Gasteiger charge is -2.30. The fraction of sp³-hybridized carbons (Fsp3) is 0.632. The number of rotatable bonds is 9. The summed E-state index contributed by atoms with van der Waals surface area (Å²) in [4.78, 5) is 7.03. The maximum Gasteiger partial charge on any atom is 0.191 e. The van der Waals surface area contributed by atoms with Gasteiger partial charge < -0.3 is 20.5 Å². The van der Waals surface area contributed by atoms with E-state index in [4.69, 9.17) is 4.74 Å². The number of aromatic hydroxyl groups is 1. The van der Waals surface area contributed by atoms with E-state index in [0.717, 1.165) is 31.2 Å². The summed E-state index contributed by atoms with van der Waals surface area (Å²) in [5.41, 5.74) is 0.932. The van der Waals surface area contributed by atoms with Crippen LogP contribution in [0.3, 0.4) is 0 Å². The van der Waals surface area contributed by atoms with Gasteiger partial charge in [0.05, 0.1) is 13.7 Å². The lowest BCUT2D eigenvalue weighted by Crippen LogP contribution is -2.45. The van der Waals surface area contributed by atoms with Crippen LogP contribution >= 0.6 is 24.0 Å². The molecule has 0 aliphatic rings. The van der Waals surface area contributed by atoms with Gasteiger partial charge in [0, 0.05) is 31.7 Å². The molecule has 0 aromatic heterocycles. The largest absolute Gasteiger partial charge is 0.504 e. The zero-order valence-electron chi connectivity index (χ0n) is 16.9. The minimum Gasteiger partial charge on any atom is -0.504 e. The summed E-state index contributed by atoms with van der Waals surface area (Å²) in [5, 5.41) is 16.5. The molecule has 26 heavy (non-hydrogen) atoms. The Morgan fingerprint density at radius 3 is 2.35 bits per heavy atom. The molecule has 1 rings (SSSR count). The number of benzene rings is 1. The van der Waals surface area contributed by atoms with Crippen LogP contribution in [-0.2, 0) is 6.54 Å². The molecule has 0 unspecified atom stereocenters. The van der Waals surface area contributed by atoms with Crippen LogP contribution in [-0.4, -0.2) is 54.8 Å². The van der Waals surface area contributed by atoms with Crippen molar-refractivity contribution in [2.75, 3.05) is 26.7 Å². The first-order valence-electron chi connectivity index (χ1n) is 9.02. The topological polar surface area (TPSA) is 69.1 Å². The fourth-order valence-electron chi connectivity index (χ4n) is 2.76. The molecule has 0 atom stereocenters. The van der Waals surface area contributed by atoms with Crippen LogP contribution in [0.4, 0.5) is 0 Å². The minimum absolute atomic E-state index is 0. The van der Waals surface area contributed by atoms with Gasteiger partial charge in [-0.05, 0) is 52.3 Å². The zero-order chi connectivity index (χ0) is 18.8. The van der Waals surface area contributed by atoms with Gasteiger partial charge in [0.15, 0.2) is 17.5 Å². The van der Waals surface area contributed by atoms with Crippen molar-refractivity contribution in [3.8, 4) is 11.5 Å². The van der Waals surface area contributed by atoms with Gasteiger partial charge in [-0.1, -0.05) is 6.07 Å². The molecule has 0 aliphatic heterocycles. The highest BCUT2D eigenvalue weighted by Crippen LogP contribution is 2.26. The van der Waals surface area contributed by atoms with E-state index >= 15 is 0 Å². The summed E-state index contributed by atoms with van der Waals surface area (Å²) in [5.74, 6) is 1.39. The van der Waals surface area contributed by atoms with E-state index in [9.17, 15) is 5.11 Å². The van der Waals surface area contributed by atoms with E-state index in [0.29, 0.717) is 24.4 Å². The highest BCUT2D eigenvalue weighted by atomic mass is 127. The third kappa shape index (κ3) is 8.44. The van der Waals surface area contributed by atoms with E-state index in [1.165, 1.54) is 7.11 Å². The van der Waals surface area contributed by atoms with E-state index in [2.05, 4.69) is 48.2 Å². The number of hydrogen-bond donors (Lipinski definition) is 3. The second-order valence-electron chi connectivity index (χ2n) is 6.55. The van der Waals surface area contributed by atoms with Gasteiger partial charge in [-0.3, -0.25) is 4.90 Å². The minimum atomic E-state index is 0. The van der Waals surface area contributed by atoms with E-state index in [1.54, 1.807) is 12.1 Å². The number of nitrogens with zero attached hydrogens (tertiary/aromatic N) is 2. The summed E-state index contributed by atoms with van der Waals surface area (Å²) >= 11 is 0. The molecule has 0 saturated carbocycles. The van der Waals surface area contributed by atoms with Crippen molar-refractivity contribution in [1.29, 1.82) is 0 Å². The Hall–Kier alpha value is -1.22. The van der Waals surface area contributed by atoms with Gasteiger partial charge in [-0.15, -0.1) is 24.0 Å². The van der Waals surface area contributed by atoms with Crippen molar-refractivity contribution >= 4 is 29.9 Å². The number of guanidine groups is 1. The smallest absolute Gasteiger partial charge is 0.191 e. The molecule has 150 valence electrons. The maximum absolute atomic E-state index is 9.86. The average Bonchev–Trinajstić information content (AvgIpc) is 2.55. The molecular formula is C19H35IN4O2. The van der Waals surface area contributed by atoms with Gasteiger partial charge in [0.1, 0.15) is 0 Å². The van der Waals surface area contributed by atoms with E-state index < -0.39 is 0 Å². The zero-order valence-corrected chi connectivity index (χ0v) is 19.2. The van der Waals surface area contributed by atoms with Crippen molar-refractivity contribution < 1.29 is 9.84 Å². The van der Waals surface area contributed by atoms with Crippen LogP contribution in [0.15, 0.2) is 23.2 Å². The molecule has 0 fully saturated rings. The Morgan fingerprint density at radius 1 is 1.19 bits per heavy atom. The van der Waals surface area contributed by atoms with Crippen LogP contribution < -0.4 is 15.4 Å². The van der Waals surface area contributed by atoms with Gasteiger partial charge >= 0.3 is 0 Å². The third-order valence-electron chi connectivity index (χ3n) is 4.00. The van der Waals surface area contributed by atoms with Crippen LogP contribution in [0.25, 0.3) is 0 Å². The lowest BCUT2D eigenvalue weighted by atomic mass is 10.2. The van der Waals surface area contributed by atoms with Crippen molar-refractivity contribution in [2.45, 2.75) is 53.2 Å². The number of phenolic OH excluding ortho intramolecular Hbond substituents is 1. The van der Waals surface area contributed by atoms with Crippen molar-refractivity contribution in [2.24, 2.45) is 4.99 Å². The molecule has 0 saturated heterocycles. The van der Waals surface area contributed by atoms with E-state index in [1.807, 2.05) is 13.0 Å². The Balaban J connectivity index is 0.00000625. The first-order chi connectivity index (χ1) is 11.9. The van der Waals surface area contributed by atoms with Crippen LogP contribution in [0.2, 0.25) is 0 Å². The molecule has 0 amide bonds. The Morgan fingerprint density at radius 2 is 1.85 bits per heavy atom. The number of hydrogen-bond acceptors (Lipinski definition) is 4. The predicted molar refractivity (Wildman–Crippen MR) is 120 cm³/mol. The molecule has 1 aromatic rings. The fourth-order valence-corrected chi connectivity index (χ4v) is 2.76. The molecule has 0 heterocycles. The molecule has 0 radical (unpaired) electrons. The molecule has 0 spiro atoms. The van der Waals surface area contributed by atoms with Crippen molar-refractivity contribution in [3.63, 3.8) is 0 Å². The Bertz CT molecular complexity index is 542. The normalized spacial score (nSPS) is 11.7. The van der Waals surface area contributed by atoms with Gasteiger partial charge in [0.2, 0.25) is 0 Å². The first kappa shape index (κ1) is 24.8. The van der Waals surface area contributed by atoms with Gasteiger partial charge in [-0.25, -0.2) is 4.99 Å². The highest BCUT2D eigenvalue weighted by molar-refractivity contribution is 14.0. The molecule has 6 nitrogen and oxygen atoms in total. The number of halogens is 1. The van der Waals surface area contributed by atoms with Gasteiger partial charge in [0.25, 0.3) is 0 Å². The first-order valence-corrected chi connectivity index (χ1v) is 9.02. The summed E-state index contributed by atoms with van der Waals surface area (Å²) in [6.45, 7) is 14.0. The average molecular weight is 478 g/mol. The summed E-state index contributed by atoms with van der Waals surface area (Å²) in [7, 11) is 1.54. The molecule has 3 N–H and O–H groups in total. The van der Waals surface area contributed by atoms with Crippen LogP contribution in [0, 0.1) is 0 Å². The van der Waals surface area contributed by atoms with Crippen LogP contribution in [0.1, 0.15) is 40.2 Å². The SMILES string of the molecule is CCNC(=NCc1ccc(OC)c(O)c1)NCCN(C(C)C)C(C)C.I. The molecule has 0 aliphatic carbocycles. The van der Waals surface area contributed by atoms with Crippen molar-refractivity contribution in [1.82, 2.24) is 15.5 Å². The monoisotopic (exact) mass is 478 g/mol. The number of ether oxygens (including phenoxy) is 1. The standard InChI is InChI=1S/C19H34N4O2.HI/c1-7-20-19(21-10-11-23(14(2)3)15(4)5)22-13-16-8-9-18(25-6)17(24)12-16;/h8-9,12,14-15,24H,7,10-11,13H2,1-6H3,(H2,20,21,22);1H. The second-order valence-corrected chi connectivity index (χ2v) is 6.55. The quantitative estimate of drug-likeness (QED) is 0.289. The summed E-state index contributed by atoms with van der Waals surface area (Å²) in [6.07, 6.45) is 0. The number of phenols is 1. The lowest BCUT2D eigenvalue weighted by molar-refractivity contribution is 0.178. The number of nitrogens with one attached hydrogen (secondary N) is 2. The summed E-state index contributed by atoms with van der Waals surface area (Å²) in [6, 6.07) is 6.38. The summed E-state index contributed by atoms with van der Waals surface area (Å²) < 4.78 is 5.06. The third-order valence-corrected chi connectivity index (χ3v) is 4.00. The van der Waals surface area contributed by atoms with Gasteiger partial charge in [-0.2, -0.15) is 0 Å². The molecule has 1 aromatic carbocycles. The molecular weight excluding hydrogens is 443 g/mol. The maximum atomic E-state index is 9.86. The molecule has 7 heteroatoms. The molecule has 0 bridgehead atoms. The van der Waals surface area contributed by atoms with Crippen molar-refractivity contribution in [3.05, 3.63) is 23.8 Å². The highest BCUT2D eigenvalue weighted by Gasteiger charge is 2.12. The van der Waals surface area contributed by atoms with Crippen LogP contribution in [0.5, 0.6) is 11.5 Å². The Kier molecular flexibility index (Phi) is 12.4. The number of methoxy groups -OCH3 is 1. The Labute approximate surface area is 175 Å². The van der Waals surface area contributed by atoms with E-state index in [-0.39, 0.29) is 29.7 Å². The second kappa shape index (κ2) is 13.0. The predicted octanol–water partition coefficient (Wildman–Crippen LogP) is 3.19.